The first-order chi connectivity index (χ1) is 7.65. The normalized spacial score (nSPS) is 14.4. The summed E-state index contributed by atoms with van der Waals surface area (Å²) in [4.78, 5) is 0. The van der Waals surface area contributed by atoms with Crippen LogP contribution in [0.4, 0.5) is 0 Å². The highest BCUT2D eigenvalue weighted by atomic mass is 16.3. The summed E-state index contributed by atoms with van der Waals surface area (Å²) in [5.74, 6) is 0.728. The van der Waals surface area contributed by atoms with Crippen molar-refractivity contribution in [2.75, 3.05) is 6.61 Å². The molecular formula is C15H22O. The minimum Gasteiger partial charge on any atom is -0.396 e. The first kappa shape index (κ1) is 13.0. The summed E-state index contributed by atoms with van der Waals surface area (Å²) in [5.41, 5.74) is 2.45. The Hall–Kier alpha value is -1.08. The van der Waals surface area contributed by atoms with E-state index in [1.807, 2.05) is 13.0 Å². The van der Waals surface area contributed by atoms with Crippen LogP contribution in [0.5, 0.6) is 0 Å². The lowest BCUT2D eigenvalue weighted by atomic mass is 9.85. The topological polar surface area (TPSA) is 20.2 Å². The Kier molecular flexibility index (Phi) is 5.27. The van der Waals surface area contributed by atoms with Crippen LogP contribution in [-0.2, 0) is 6.42 Å². The van der Waals surface area contributed by atoms with Crippen LogP contribution in [0, 0.1) is 11.8 Å². The van der Waals surface area contributed by atoms with Crippen LogP contribution in [0.25, 0.3) is 0 Å². The van der Waals surface area contributed by atoms with Crippen molar-refractivity contribution >= 4 is 0 Å². The smallest absolute Gasteiger partial charge is 0.0498 e. The van der Waals surface area contributed by atoms with Gasteiger partial charge in [-0.2, -0.15) is 0 Å². The Balaban J connectivity index is 2.46. The Morgan fingerprint density at radius 3 is 2.44 bits per heavy atom. The van der Waals surface area contributed by atoms with Gasteiger partial charge in [0.15, 0.2) is 0 Å². The third-order valence-corrected chi connectivity index (χ3v) is 3.25. The van der Waals surface area contributed by atoms with Crippen LogP contribution in [0.2, 0.25) is 0 Å². The quantitative estimate of drug-likeness (QED) is 0.725. The number of hydrogen-bond acceptors (Lipinski definition) is 1. The van der Waals surface area contributed by atoms with Gasteiger partial charge in [-0.05, 0) is 31.2 Å². The van der Waals surface area contributed by atoms with Gasteiger partial charge >= 0.3 is 0 Å². The first-order valence-corrected chi connectivity index (χ1v) is 5.95. The van der Waals surface area contributed by atoms with Gasteiger partial charge in [0.05, 0.1) is 0 Å². The van der Waals surface area contributed by atoms with E-state index in [1.165, 1.54) is 5.56 Å². The summed E-state index contributed by atoms with van der Waals surface area (Å²) in [5, 5.41) is 9.30. The molecule has 1 heteroatoms. The van der Waals surface area contributed by atoms with Crippen molar-refractivity contribution in [3.8, 4) is 0 Å². The Morgan fingerprint density at radius 1 is 1.31 bits per heavy atom. The molecule has 1 rings (SSSR count). The molecular weight excluding hydrogens is 196 g/mol. The second kappa shape index (κ2) is 6.49. The molecule has 0 amide bonds. The molecule has 0 radical (unpaired) electrons. The molecule has 88 valence electrons. The number of hydrogen-bond donors (Lipinski definition) is 1. The maximum absolute atomic E-state index is 9.30. The van der Waals surface area contributed by atoms with E-state index in [4.69, 9.17) is 0 Å². The lowest BCUT2D eigenvalue weighted by Gasteiger charge is -2.22. The highest BCUT2D eigenvalue weighted by Crippen LogP contribution is 2.23. The van der Waals surface area contributed by atoms with Crippen LogP contribution in [-0.4, -0.2) is 11.7 Å². The van der Waals surface area contributed by atoms with Crippen molar-refractivity contribution in [2.24, 2.45) is 11.8 Å². The second-order valence-electron chi connectivity index (χ2n) is 4.64. The average molecular weight is 218 g/mol. The van der Waals surface area contributed by atoms with Crippen molar-refractivity contribution in [2.45, 2.75) is 26.7 Å². The van der Waals surface area contributed by atoms with Crippen LogP contribution >= 0.6 is 0 Å². The van der Waals surface area contributed by atoms with Gasteiger partial charge in [-0.25, -0.2) is 0 Å². The van der Waals surface area contributed by atoms with Crippen LogP contribution < -0.4 is 0 Å². The fourth-order valence-electron chi connectivity index (χ4n) is 2.06. The molecule has 0 aromatic heterocycles. The molecule has 0 saturated heterocycles. The molecule has 0 aliphatic carbocycles. The molecule has 0 fully saturated rings. The molecule has 0 unspecified atom stereocenters. The molecule has 0 saturated carbocycles. The molecule has 1 nitrogen and oxygen atoms in total. The highest BCUT2D eigenvalue weighted by Gasteiger charge is 2.16. The first-order valence-electron chi connectivity index (χ1n) is 5.95. The predicted molar refractivity (Wildman–Crippen MR) is 69.3 cm³/mol. The molecule has 1 N–H and O–H groups in total. The number of benzene rings is 1. The van der Waals surface area contributed by atoms with E-state index < -0.39 is 0 Å². The molecule has 0 spiro atoms. The fourth-order valence-corrected chi connectivity index (χ4v) is 2.06. The lowest BCUT2D eigenvalue weighted by molar-refractivity contribution is 0.202. The van der Waals surface area contributed by atoms with Gasteiger partial charge in [0.25, 0.3) is 0 Å². The largest absolute Gasteiger partial charge is 0.396 e. The highest BCUT2D eigenvalue weighted by molar-refractivity contribution is 5.14. The fraction of sp³-hybridized carbons (Fsp3) is 0.467. The number of aliphatic hydroxyl groups excluding tert-OH is 1. The summed E-state index contributed by atoms with van der Waals surface area (Å²) in [6.07, 6.45) is 2.17. The Bertz CT molecular complexity index is 315. The molecule has 0 bridgehead atoms. The van der Waals surface area contributed by atoms with Gasteiger partial charge in [-0.15, -0.1) is 0 Å². The zero-order valence-corrected chi connectivity index (χ0v) is 10.3. The van der Waals surface area contributed by atoms with Crippen molar-refractivity contribution < 1.29 is 5.11 Å². The lowest BCUT2D eigenvalue weighted by Crippen LogP contribution is -2.17. The van der Waals surface area contributed by atoms with E-state index in [2.05, 4.69) is 37.8 Å². The van der Waals surface area contributed by atoms with E-state index >= 15 is 0 Å². The van der Waals surface area contributed by atoms with Gasteiger partial charge in [0, 0.05) is 12.5 Å². The zero-order chi connectivity index (χ0) is 12.0. The van der Waals surface area contributed by atoms with Crippen molar-refractivity contribution in [1.82, 2.24) is 0 Å². The number of aliphatic hydroxyl groups is 1. The van der Waals surface area contributed by atoms with Gasteiger partial charge in [-0.3, -0.25) is 0 Å². The molecule has 2 atom stereocenters. The summed E-state index contributed by atoms with van der Waals surface area (Å²) in [7, 11) is 0. The Morgan fingerprint density at radius 2 is 1.94 bits per heavy atom. The van der Waals surface area contributed by atoms with Crippen LogP contribution in [0.3, 0.4) is 0 Å². The Labute approximate surface area is 98.8 Å². The standard InChI is InChI=1S/C15H22O/c1-12(2)15(11-16)13(3)9-10-14-7-5-4-6-8-14/h4-8,13,15-16H,1,9-11H2,2-3H3/t13-,15-/m1/s1. The van der Waals surface area contributed by atoms with E-state index in [9.17, 15) is 5.11 Å². The zero-order valence-electron chi connectivity index (χ0n) is 10.3. The van der Waals surface area contributed by atoms with Crippen LogP contribution in [0.1, 0.15) is 25.8 Å². The minimum atomic E-state index is 0.214. The molecule has 0 heterocycles. The third kappa shape index (κ3) is 3.82. The maximum atomic E-state index is 9.30. The van der Waals surface area contributed by atoms with Gasteiger partial charge in [0.1, 0.15) is 0 Å². The van der Waals surface area contributed by atoms with Gasteiger partial charge < -0.3 is 5.11 Å². The predicted octanol–water partition coefficient (Wildman–Crippen LogP) is 3.44. The van der Waals surface area contributed by atoms with Gasteiger partial charge in [0.2, 0.25) is 0 Å². The SMILES string of the molecule is C=C(C)[C@@H](CO)[C@H](C)CCc1ccccc1. The summed E-state index contributed by atoms with van der Waals surface area (Å²) in [6.45, 7) is 8.35. The maximum Gasteiger partial charge on any atom is 0.0498 e. The molecule has 1 aromatic carbocycles. The van der Waals surface area contributed by atoms with Gasteiger partial charge in [-0.1, -0.05) is 49.4 Å². The van der Waals surface area contributed by atoms with E-state index in [-0.39, 0.29) is 12.5 Å². The van der Waals surface area contributed by atoms with Crippen molar-refractivity contribution in [3.05, 3.63) is 48.0 Å². The number of aryl methyl sites for hydroxylation is 1. The second-order valence-corrected chi connectivity index (χ2v) is 4.64. The molecule has 0 aliphatic rings. The van der Waals surface area contributed by atoms with E-state index in [0.717, 1.165) is 18.4 Å². The third-order valence-electron chi connectivity index (χ3n) is 3.25. The molecule has 16 heavy (non-hydrogen) atoms. The van der Waals surface area contributed by atoms with Crippen molar-refractivity contribution in [3.63, 3.8) is 0 Å². The number of rotatable bonds is 6. The molecule has 0 aliphatic heterocycles. The summed E-state index contributed by atoms with van der Waals surface area (Å²) in [6, 6.07) is 10.5. The monoisotopic (exact) mass is 218 g/mol. The van der Waals surface area contributed by atoms with Crippen molar-refractivity contribution in [1.29, 1.82) is 0 Å². The minimum absolute atomic E-state index is 0.214. The summed E-state index contributed by atoms with van der Waals surface area (Å²) >= 11 is 0. The van der Waals surface area contributed by atoms with E-state index in [1.54, 1.807) is 0 Å². The molecule has 1 aromatic rings. The average Bonchev–Trinajstić information content (AvgIpc) is 2.28. The van der Waals surface area contributed by atoms with Crippen LogP contribution in [0.15, 0.2) is 42.5 Å². The summed E-state index contributed by atoms with van der Waals surface area (Å²) < 4.78 is 0. The van der Waals surface area contributed by atoms with E-state index in [0.29, 0.717) is 5.92 Å².